The van der Waals surface area contributed by atoms with Crippen molar-refractivity contribution in [3.05, 3.63) is 60.2 Å². The first-order chi connectivity index (χ1) is 15.0. The minimum Gasteiger partial charge on any atom is -0.497 e. The van der Waals surface area contributed by atoms with Gasteiger partial charge in [-0.05, 0) is 29.8 Å². The van der Waals surface area contributed by atoms with Crippen molar-refractivity contribution in [3.63, 3.8) is 0 Å². The number of carbonyl (C=O) groups excluding carboxylic acids is 2. The number of benzene rings is 2. The predicted molar refractivity (Wildman–Crippen MR) is 123 cm³/mol. The van der Waals surface area contributed by atoms with E-state index in [1.165, 1.54) is 23.1 Å². The molecule has 3 rings (SSSR count). The van der Waals surface area contributed by atoms with E-state index in [4.69, 9.17) is 10.5 Å². The average Bonchev–Trinajstić information content (AvgIpc) is 3.23. The Balaban J connectivity index is 1.56. The highest BCUT2D eigenvalue weighted by atomic mass is 32.2. The van der Waals surface area contributed by atoms with Gasteiger partial charge in [0.15, 0.2) is 4.34 Å². The fourth-order valence-corrected chi connectivity index (χ4v) is 4.35. The van der Waals surface area contributed by atoms with Gasteiger partial charge in [0, 0.05) is 25.2 Å². The minimum absolute atomic E-state index is 0.0880. The summed E-state index contributed by atoms with van der Waals surface area (Å²) < 4.78 is 5.83. The zero-order valence-corrected chi connectivity index (χ0v) is 18.6. The molecule has 3 aromatic rings. The lowest BCUT2D eigenvalue weighted by atomic mass is 10.2. The summed E-state index contributed by atoms with van der Waals surface area (Å²) in [6, 6.07) is 17.1. The van der Waals surface area contributed by atoms with Gasteiger partial charge in [-0.25, -0.2) is 0 Å². The van der Waals surface area contributed by atoms with Crippen LogP contribution in [0.25, 0.3) is 0 Å². The largest absolute Gasteiger partial charge is 0.497 e. The topological polar surface area (TPSA) is 110 Å². The predicted octanol–water partition coefficient (Wildman–Crippen LogP) is 3.29. The van der Waals surface area contributed by atoms with Crippen molar-refractivity contribution in [1.29, 1.82) is 0 Å². The van der Waals surface area contributed by atoms with Gasteiger partial charge >= 0.3 is 0 Å². The van der Waals surface area contributed by atoms with Gasteiger partial charge in [0.2, 0.25) is 16.9 Å². The number of nitrogens with one attached hydrogen (secondary N) is 1. The van der Waals surface area contributed by atoms with E-state index in [0.717, 1.165) is 17.0 Å². The molecule has 8 nitrogen and oxygen atoms in total. The summed E-state index contributed by atoms with van der Waals surface area (Å²) in [6.07, 6.45) is 0.123. The van der Waals surface area contributed by atoms with Crippen molar-refractivity contribution in [2.24, 2.45) is 5.73 Å². The molecule has 10 heteroatoms. The zero-order chi connectivity index (χ0) is 22.1. The van der Waals surface area contributed by atoms with Crippen LogP contribution in [0.5, 0.6) is 5.75 Å². The van der Waals surface area contributed by atoms with Crippen LogP contribution < -0.4 is 15.8 Å². The van der Waals surface area contributed by atoms with Gasteiger partial charge in [-0.1, -0.05) is 53.4 Å². The Labute approximate surface area is 188 Å². The number of carbonyl (C=O) groups is 2. The molecular weight excluding hydrogens is 434 g/mol. The molecule has 0 aliphatic carbocycles. The monoisotopic (exact) mass is 457 g/mol. The number of rotatable bonds is 11. The maximum atomic E-state index is 12.8. The lowest BCUT2D eigenvalue weighted by Gasteiger charge is -2.22. The maximum Gasteiger partial charge on any atom is 0.233 e. The highest BCUT2D eigenvalue weighted by molar-refractivity contribution is 8.01. The normalized spacial score (nSPS) is 10.5. The SMILES string of the molecule is COc1ccc(Nc2nnc(SCC(=O)N(CCC(N)=O)Cc3ccccc3)s2)cc1. The molecule has 2 aromatic carbocycles. The number of ether oxygens (including phenoxy) is 1. The van der Waals surface area contributed by atoms with Gasteiger partial charge in [-0.2, -0.15) is 0 Å². The first-order valence-corrected chi connectivity index (χ1v) is 11.3. The third-order valence-corrected chi connectivity index (χ3v) is 6.22. The number of nitrogens with two attached hydrogens (primary N) is 1. The molecule has 0 spiro atoms. The van der Waals surface area contributed by atoms with Crippen LogP contribution in [0.4, 0.5) is 10.8 Å². The van der Waals surface area contributed by atoms with E-state index >= 15 is 0 Å². The highest BCUT2D eigenvalue weighted by Crippen LogP contribution is 2.28. The molecule has 0 saturated carbocycles. The quantitative estimate of drug-likeness (QED) is 0.425. The van der Waals surface area contributed by atoms with E-state index in [0.29, 0.717) is 16.0 Å². The summed E-state index contributed by atoms with van der Waals surface area (Å²) in [6.45, 7) is 0.706. The van der Waals surface area contributed by atoms with Gasteiger partial charge in [0.25, 0.3) is 0 Å². The molecule has 0 unspecified atom stereocenters. The van der Waals surface area contributed by atoms with E-state index in [1.807, 2.05) is 54.6 Å². The van der Waals surface area contributed by atoms with Crippen LogP contribution in [-0.4, -0.2) is 46.3 Å². The zero-order valence-electron chi connectivity index (χ0n) is 17.0. The van der Waals surface area contributed by atoms with Gasteiger partial charge in [-0.15, -0.1) is 10.2 Å². The summed E-state index contributed by atoms with van der Waals surface area (Å²) in [5, 5.41) is 12.1. The maximum absolute atomic E-state index is 12.8. The highest BCUT2D eigenvalue weighted by Gasteiger charge is 2.17. The van der Waals surface area contributed by atoms with E-state index < -0.39 is 5.91 Å². The van der Waals surface area contributed by atoms with E-state index in [9.17, 15) is 9.59 Å². The molecule has 0 atom stereocenters. The third-order valence-electron chi connectivity index (χ3n) is 4.26. The van der Waals surface area contributed by atoms with Gasteiger partial charge < -0.3 is 20.7 Å². The van der Waals surface area contributed by atoms with Crippen LogP contribution in [0.15, 0.2) is 58.9 Å². The number of primary amides is 1. The summed E-state index contributed by atoms with van der Waals surface area (Å²) in [4.78, 5) is 25.6. The second-order valence-electron chi connectivity index (χ2n) is 6.53. The standard InChI is InChI=1S/C21H23N5O3S2/c1-29-17-9-7-16(8-10-17)23-20-24-25-21(31-20)30-14-19(28)26(12-11-18(22)27)13-15-5-3-2-4-6-15/h2-10H,11-14H2,1H3,(H2,22,27)(H,23,24). The molecule has 31 heavy (non-hydrogen) atoms. The molecule has 0 saturated heterocycles. The number of anilines is 2. The van der Waals surface area contributed by atoms with Crippen molar-refractivity contribution in [1.82, 2.24) is 15.1 Å². The Kier molecular flexibility index (Phi) is 8.25. The van der Waals surface area contributed by atoms with Gasteiger partial charge in [0.1, 0.15) is 5.75 Å². The van der Waals surface area contributed by atoms with Crippen LogP contribution in [-0.2, 0) is 16.1 Å². The molecule has 3 N–H and O–H groups in total. The first-order valence-electron chi connectivity index (χ1n) is 9.51. The van der Waals surface area contributed by atoms with Crippen LogP contribution in [0, 0.1) is 0 Å². The van der Waals surface area contributed by atoms with Crippen LogP contribution in [0.1, 0.15) is 12.0 Å². The number of methoxy groups -OCH3 is 1. The average molecular weight is 458 g/mol. The Morgan fingerprint density at radius 1 is 1.13 bits per heavy atom. The number of aromatic nitrogens is 2. The van der Waals surface area contributed by atoms with Crippen molar-refractivity contribution in [2.75, 3.05) is 24.7 Å². The fourth-order valence-electron chi connectivity index (χ4n) is 2.67. The molecule has 0 bridgehead atoms. The summed E-state index contributed by atoms with van der Waals surface area (Å²) >= 11 is 2.68. The van der Waals surface area contributed by atoms with E-state index in [2.05, 4.69) is 15.5 Å². The molecule has 0 fully saturated rings. The lowest BCUT2D eigenvalue weighted by Crippen LogP contribution is -2.34. The number of nitrogens with zero attached hydrogens (tertiary/aromatic N) is 3. The molecule has 1 aromatic heterocycles. The Morgan fingerprint density at radius 3 is 2.55 bits per heavy atom. The second kappa shape index (κ2) is 11.3. The smallest absolute Gasteiger partial charge is 0.233 e. The van der Waals surface area contributed by atoms with Crippen molar-refractivity contribution >= 4 is 45.7 Å². The number of thioether (sulfide) groups is 1. The van der Waals surface area contributed by atoms with E-state index in [-0.39, 0.29) is 24.6 Å². The second-order valence-corrected chi connectivity index (χ2v) is 8.73. The van der Waals surface area contributed by atoms with Crippen molar-refractivity contribution in [2.45, 2.75) is 17.3 Å². The molecule has 0 radical (unpaired) electrons. The van der Waals surface area contributed by atoms with Crippen molar-refractivity contribution in [3.8, 4) is 5.75 Å². The number of hydrogen-bond acceptors (Lipinski definition) is 8. The Bertz CT molecular complexity index is 996. The Morgan fingerprint density at radius 2 is 1.87 bits per heavy atom. The summed E-state index contributed by atoms with van der Waals surface area (Å²) in [7, 11) is 1.62. The van der Waals surface area contributed by atoms with Crippen LogP contribution >= 0.6 is 23.1 Å². The first kappa shape index (κ1) is 22.6. The van der Waals surface area contributed by atoms with Gasteiger partial charge in [0.05, 0.1) is 12.9 Å². The Hall–Kier alpha value is -3.11. The molecule has 1 heterocycles. The fraction of sp³-hybridized carbons (Fsp3) is 0.238. The third kappa shape index (κ3) is 7.26. The van der Waals surface area contributed by atoms with Crippen LogP contribution in [0.2, 0.25) is 0 Å². The summed E-state index contributed by atoms with van der Waals surface area (Å²) in [5.74, 6) is 0.448. The van der Waals surface area contributed by atoms with Crippen LogP contribution in [0.3, 0.4) is 0 Å². The summed E-state index contributed by atoms with van der Waals surface area (Å²) in [5.41, 5.74) is 7.13. The number of amides is 2. The van der Waals surface area contributed by atoms with Crippen molar-refractivity contribution < 1.29 is 14.3 Å². The molecule has 2 amide bonds. The molecule has 0 aliphatic heterocycles. The minimum atomic E-state index is -0.433. The molecule has 162 valence electrons. The number of hydrogen-bond donors (Lipinski definition) is 2. The van der Waals surface area contributed by atoms with Gasteiger partial charge in [-0.3, -0.25) is 9.59 Å². The van der Waals surface area contributed by atoms with E-state index in [1.54, 1.807) is 12.0 Å². The molecule has 0 aliphatic rings. The lowest BCUT2D eigenvalue weighted by molar-refractivity contribution is -0.129. The molecular formula is C21H23N5O3S2.